The van der Waals surface area contributed by atoms with E-state index in [0.29, 0.717) is 12.8 Å². The van der Waals surface area contributed by atoms with Gasteiger partial charge in [0, 0.05) is 62.8 Å². The first-order valence-electron chi connectivity index (χ1n) is 9.37. The third kappa shape index (κ3) is 4.07. The lowest BCUT2D eigenvalue weighted by Crippen LogP contribution is -2.49. The molecule has 3 aliphatic rings. The van der Waals surface area contributed by atoms with Crippen LogP contribution in [0.15, 0.2) is 23.6 Å². The fourth-order valence-corrected chi connectivity index (χ4v) is 4.88. The van der Waals surface area contributed by atoms with E-state index in [1.807, 2.05) is 12.1 Å². The smallest absolute Gasteiger partial charge is 0.231 e. The summed E-state index contributed by atoms with van der Waals surface area (Å²) < 4.78 is 10.9. The second-order valence-electron chi connectivity index (χ2n) is 7.18. The van der Waals surface area contributed by atoms with Gasteiger partial charge in [-0.1, -0.05) is 0 Å². The van der Waals surface area contributed by atoms with Crippen molar-refractivity contribution in [1.82, 2.24) is 20.1 Å². The lowest BCUT2D eigenvalue weighted by Gasteiger charge is -2.32. The Balaban J connectivity index is 0.00000180. The highest BCUT2D eigenvalue weighted by molar-refractivity contribution is 7.13. The summed E-state index contributed by atoms with van der Waals surface area (Å²) in [5, 5.41) is 6.69. The summed E-state index contributed by atoms with van der Waals surface area (Å²) in [6.07, 6.45) is 1.28. The molecular formula is C19H25ClN4O2S. The summed E-state index contributed by atoms with van der Waals surface area (Å²) in [5.74, 6) is 1.64. The highest BCUT2D eigenvalue weighted by Crippen LogP contribution is 2.36. The van der Waals surface area contributed by atoms with Gasteiger partial charge in [-0.15, -0.1) is 23.7 Å². The van der Waals surface area contributed by atoms with Gasteiger partial charge in [0.15, 0.2) is 11.5 Å². The number of nitrogens with zero attached hydrogens (tertiary/aromatic N) is 3. The fourth-order valence-electron chi connectivity index (χ4n) is 4.07. The molecule has 8 heteroatoms. The SMILES string of the molecule is Cl.c1cc2c(cc1-c1nc(CN3CCC(N4CCNCC4)C3)cs1)OCO2. The molecule has 6 nitrogen and oxygen atoms in total. The number of benzene rings is 1. The number of hydrogen-bond donors (Lipinski definition) is 1. The second-order valence-corrected chi connectivity index (χ2v) is 8.03. The summed E-state index contributed by atoms with van der Waals surface area (Å²) in [7, 11) is 0. The van der Waals surface area contributed by atoms with E-state index in [9.17, 15) is 0 Å². The van der Waals surface area contributed by atoms with Crippen molar-refractivity contribution in [1.29, 1.82) is 0 Å². The Morgan fingerprint density at radius 2 is 2.00 bits per heavy atom. The van der Waals surface area contributed by atoms with E-state index < -0.39 is 0 Å². The second kappa shape index (κ2) is 8.32. The van der Waals surface area contributed by atoms with Gasteiger partial charge in [-0.05, 0) is 24.6 Å². The lowest BCUT2D eigenvalue weighted by molar-refractivity contribution is 0.170. The van der Waals surface area contributed by atoms with Crippen LogP contribution in [0.2, 0.25) is 0 Å². The Morgan fingerprint density at radius 1 is 1.15 bits per heavy atom. The summed E-state index contributed by atoms with van der Waals surface area (Å²) in [6.45, 7) is 8.22. The quantitative estimate of drug-likeness (QED) is 0.838. The van der Waals surface area contributed by atoms with E-state index in [-0.39, 0.29) is 12.4 Å². The number of rotatable bonds is 4. The molecule has 146 valence electrons. The molecular weight excluding hydrogens is 384 g/mol. The van der Waals surface area contributed by atoms with Crippen molar-refractivity contribution in [2.24, 2.45) is 0 Å². The monoisotopic (exact) mass is 408 g/mol. The number of ether oxygens (including phenoxy) is 2. The van der Waals surface area contributed by atoms with Crippen LogP contribution in [0.3, 0.4) is 0 Å². The van der Waals surface area contributed by atoms with Crippen molar-refractivity contribution in [3.63, 3.8) is 0 Å². The first-order chi connectivity index (χ1) is 12.8. The molecule has 2 fully saturated rings. The Morgan fingerprint density at radius 3 is 2.89 bits per heavy atom. The van der Waals surface area contributed by atoms with Crippen LogP contribution in [0.5, 0.6) is 11.5 Å². The maximum absolute atomic E-state index is 5.48. The minimum absolute atomic E-state index is 0. The van der Waals surface area contributed by atoms with E-state index in [4.69, 9.17) is 14.5 Å². The summed E-state index contributed by atoms with van der Waals surface area (Å²) in [5.41, 5.74) is 2.27. The highest BCUT2D eigenvalue weighted by atomic mass is 35.5. The topological polar surface area (TPSA) is 49.9 Å². The van der Waals surface area contributed by atoms with Crippen molar-refractivity contribution in [2.45, 2.75) is 19.0 Å². The highest BCUT2D eigenvalue weighted by Gasteiger charge is 2.28. The van der Waals surface area contributed by atoms with Gasteiger partial charge in [0.25, 0.3) is 0 Å². The molecule has 1 unspecified atom stereocenters. The number of nitrogens with one attached hydrogen (secondary N) is 1. The fraction of sp³-hybridized carbons (Fsp3) is 0.526. The molecule has 2 saturated heterocycles. The Labute approximate surface area is 169 Å². The van der Waals surface area contributed by atoms with Crippen molar-refractivity contribution in [3.05, 3.63) is 29.3 Å². The molecule has 0 spiro atoms. The molecule has 1 aromatic heterocycles. The summed E-state index contributed by atoms with van der Waals surface area (Å²) in [4.78, 5) is 10.1. The molecule has 0 bridgehead atoms. The normalized spacial score (nSPS) is 22.7. The Bertz CT molecular complexity index is 781. The molecule has 1 N–H and O–H groups in total. The van der Waals surface area contributed by atoms with Gasteiger partial charge < -0.3 is 14.8 Å². The van der Waals surface area contributed by atoms with Gasteiger partial charge in [0.05, 0.1) is 5.69 Å². The predicted molar refractivity (Wildman–Crippen MR) is 109 cm³/mol. The molecule has 0 radical (unpaired) electrons. The zero-order valence-corrected chi connectivity index (χ0v) is 16.9. The average molecular weight is 409 g/mol. The first kappa shape index (κ1) is 19.0. The van der Waals surface area contributed by atoms with E-state index in [1.165, 1.54) is 31.7 Å². The summed E-state index contributed by atoms with van der Waals surface area (Å²) >= 11 is 1.71. The van der Waals surface area contributed by atoms with E-state index in [1.54, 1.807) is 11.3 Å². The van der Waals surface area contributed by atoms with Gasteiger partial charge in [0.1, 0.15) is 5.01 Å². The molecule has 1 aromatic carbocycles. The number of aromatic nitrogens is 1. The first-order valence-corrected chi connectivity index (χ1v) is 10.2. The Kier molecular flexibility index (Phi) is 5.85. The van der Waals surface area contributed by atoms with Crippen molar-refractivity contribution < 1.29 is 9.47 Å². The number of fused-ring (bicyclic) bond motifs is 1. The zero-order chi connectivity index (χ0) is 17.3. The molecule has 0 amide bonds. The van der Waals surface area contributed by atoms with Crippen LogP contribution in [-0.4, -0.2) is 66.9 Å². The molecule has 0 aliphatic carbocycles. The van der Waals surface area contributed by atoms with Crippen LogP contribution >= 0.6 is 23.7 Å². The van der Waals surface area contributed by atoms with Crippen LogP contribution in [-0.2, 0) is 6.54 Å². The Hall–Kier alpha value is -1.38. The van der Waals surface area contributed by atoms with Gasteiger partial charge in [-0.2, -0.15) is 0 Å². The van der Waals surface area contributed by atoms with Gasteiger partial charge >= 0.3 is 0 Å². The number of piperazine rings is 1. The lowest BCUT2D eigenvalue weighted by atomic mass is 10.2. The van der Waals surface area contributed by atoms with E-state index in [0.717, 1.165) is 48.2 Å². The van der Waals surface area contributed by atoms with Gasteiger partial charge in [-0.25, -0.2) is 4.98 Å². The predicted octanol–water partition coefficient (Wildman–Crippen LogP) is 2.44. The largest absolute Gasteiger partial charge is 0.454 e. The molecule has 4 heterocycles. The van der Waals surface area contributed by atoms with Crippen molar-refractivity contribution in [3.8, 4) is 22.1 Å². The minimum atomic E-state index is 0. The standard InChI is InChI=1S/C19H24N4O2S.ClH/c1-2-17-18(25-13-24-17)9-14(1)19-21-15(12-26-19)10-22-6-3-16(11-22)23-7-4-20-5-8-23;/h1-2,9,12,16,20H,3-8,10-11,13H2;1H. The van der Waals surface area contributed by atoms with E-state index in [2.05, 4.69) is 26.6 Å². The number of likely N-dealkylation sites (tertiary alicyclic amines) is 1. The van der Waals surface area contributed by atoms with Crippen LogP contribution in [0.4, 0.5) is 0 Å². The van der Waals surface area contributed by atoms with Gasteiger partial charge in [-0.3, -0.25) is 9.80 Å². The number of hydrogen-bond acceptors (Lipinski definition) is 7. The maximum atomic E-state index is 5.48. The molecule has 0 saturated carbocycles. The molecule has 27 heavy (non-hydrogen) atoms. The van der Waals surface area contributed by atoms with Crippen LogP contribution in [0.1, 0.15) is 12.1 Å². The minimum Gasteiger partial charge on any atom is -0.454 e. The molecule has 1 atom stereocenters. The summed E-state index contributed by atoms with van der Waals surface area (Å²) in [6, 6.07) is 6.77. The molecule has 2 aromatic rings. The zero-order valence-electron chi connectivity index (χ0n) is 15.2. The molecule has 5 rings (SSSR count). The number of halogens is 1. The maximum Gasteiger partial charge on any atom is 0.231 e. The van der Waals surface area contributed by atoms with E-state index >= 15 is 0 Å². The third-order valence-corrected chi connectivity index (χ3v) is 6.41. The number of thiazole rings is 1. The van der Waals surface area contributed by atoms with Gasteiger partial charge in [0.2, 0.25) is 6.79 Å². The molecule has 3 aliphatic heterocycles. The van der Waals surface area contributed by atoms with Crippen LogP contribution in [0, 0.1) is 0 Å². The van der Waals surface area contributed by atoms with Crippen LogP contribution < -0.4 is 14.8 Å². The van der Waals surface area contributed by atoms with Crippen LogP contribution in [0.25, 0.3) is 10.6 Å². The van der Waals surface area contributed by atoms with Crippen molar-refractivity contribution >= 4 is 23.7 Å². The van der Waals surface area contributed by atoms with Crippen molar-refractivity contribution in [2.75, 3.05) is 46.1 Å². The average Bonchev–Trinajstić information content (AvgIpc) is 3.43. The third-order valence-electron chi connectivity index (χ3n) is 5.47.